The second kappa shape index (κ2) is 7.63. The highest BCUT2D eigenvalue weighted by atomic mass is 35.5. The summed E-state index contributed by atoms with van der Waals surface area (Å²) in [5.74, 6) is -0.682. The molecule has 148 valence electrons. The van der Waals surface area contributed by atoms with Gasteiger partial charge in [-0.25, -0.2) is 9.38 Å². The lowest BCUT2D eigenvalue weighted by atomic mass is 10.1. The van der Waals surface area contributed by atoms with E-state index in [0.717, 1.165) is 5.69 Å². The van der Waals surface area contributed by atoms with Gasteiger partial charge in [0.1, 0.15) is 9.50 Å². The van der Waals surface area contributed by atoms with Gasteiger partial charge in [-0.15, -0.1) is 0 Å². The second-order valence-electron chi connectivity index (χ2n) is 6.48. The third kappa shape index (κ3) is 3.08. The Morgan fingerprint density at radius 2 is 1.53 bits per heavy atom. The van der Waals surface area contributed by atoms with Crippen LogP contribution in [0.1, 0.15) is 0 Å². The van der Waals surface area contributed by atoms with Crippen LogP contribution in [0.4, 0.5) is 10.1 Å². The Kier molecular flexibility index (Phi) is 4.95. The first kappa shape index (κ1) is 19.5. The fourth-order valence-electron chi connectivity index (χ4n) is 3.35. The van der Waals surface area contributed by atoms with Crippen LogP contribution in [0.5, 0.6) is 0 Å². The molecule has 8 heteroatoms. The molecule has 0 aliphatic carbocycles. The minimum absolute atomic E-state index is 0.0662. The van der Waals surface area contributed by atoms with Crippen molar-refractivity contribution in [3.05, 3.63) is 97.5 Å². The molecule has 0 aliphatic heterocycles. The first-order valence-corrected chi connectivity index (χ1v) is 11.8. The van der Waals surface area contributed by atoms with E-state index in [-0.39, 0.29) is 26.4 Å². The van der Waals surface area contributed by atoms with E-state index in [2.05, 4.69) is 4.99 Å². The van der Waals surface area contributed by atoms with E-state index in [0.29, 0.717) is 20.6 Å². The smallest absolute Gasteiger partial charge is 0.202 e. The number of rotatable bonds is 2. The normalized spacial score (nSPS) is 12.2. The fraction of sp³-hybridized carbons (Fsp3) is 0. The molecule has 0 spiro atoms. The second-order valence-corrected chi connectivity index (χ2v) is 9.40. The van der Waals surface area contributed by atoms with E-state index in [1.807, 2.05) is 60.7 Å². The number of para-hydroxylation sites is 2. The van der Waals surface area contributed by atoms with E-state index in [1.165, 1.54) is 26.7 Å². The molecular formula is C22H11Cl2FN2OS2. The van der Waals surface area contributed by atoms with Crippen molar-refractivity contribution in [2.24, 2.45) is 4.99 Å². The number of aromatic nitrogens is 1. The minimum atomic E-state index is -0.682. The maximum atomic E-state index is 15.2. The summed E-state index contributed by atoms with van der Waals surface area (Å²) in [4.78, 5) is 18.7. The van der Waals surface area contributed by atoms with Crippen LogP contribution < -0.4 is 10.1 Å². The highest BCUT2D eigenvalue weighted by Gasteiger charge is 2.22. The molecule has 5 rings (SSSR count). The Hall–Kier alpha value is -2.51. The average molecular weight is 473 g/mol. The molecule has 0 fully saturated rings. The molecule has 0 amide bonds. The van der Waals surface area contributed by atoms with Gasteiger partial charge in [0.2, 0.25) is 5.43 Å². The van der Waals surface area contributed by atoms with E-state index in [9.17, 15) is 4.79 Å². The summed E-state index contributed by atoms with van der Waals surface area (Å²) in [7, 11) is 2.72. The van der Waals surface area contributed by atoms with E-state index in [1.54, 1.807) is 4.57 Å². The molecule has 0 unspecified atom stereocenters. The Morgan fingerprint density at radius 3 is 2.23 bits per heavy atom. The van der Waals surface area contributed by atoms with Gasteiger partial charge in [0, 0.05) is 5.69 Å². The van der Waals surface area contributed by atoms with Crippen molar-refractivity contribution in [3.8, 4) is 5.69 Å². The number of hydrogen-bond acceptors (Lipinski definition) is 4. The molecule has 2 aromatic heterocycles. The van der Waals surface area contributed by atoms with Gasteiger partial charge >= 0.3 is 0 Å². The van der Waals surface area contributed by atoms with Gasteiger partial charge < -0.3 is 0 Å². The quantitative estimate of drug-likeness (QED) is 0.202. The molecule has 0 bridgehead atoms. The van der Waals surface area contributed by atoms with Crippen molar-refractivity contribution < 1.29 is 4.39 Å². The van der Waals surface area contributed by atoms with Gasteiger partial charge in [-0.3, -0.25) is 9.36 Å². The van der Waals surface area contributed by atoms with Crippen LogP contribution in [-0.4, -0.2) is 4.57 Å². The number of benzene rings is 3. The number of nitrogens with zero attached hydrogens (tertiary/aromatic N) is 2. The SMILES string of the molecule is O=c1c2c(Cl)cc(Cl)c(F)c2n(-c2ccccc2)c2ssc(=Nc3ccccc3)c12. The minimum Gasteiger partial charge on any atom is -0.297 e. The van der Waals surface area contributed by atoms with Crippen molar-refractivity contribution in [1.29, 1.82) is 0 Å². The lowest BCUT2D eigenvalue weighted by Gasteiger charge is -2.14. The van der Waals surface area contributed by atoms with Crippen LogP contribution in [0.3, 0.4) is 0 Å². The van der Waals surface area contributed by atoms with E-state index in [4.69, 9.17) is 23.2 Å². The third-order valence-corrected chi connectivity index (χ3v) is 7.51. The monoisotopic (exact) mass is 472 g/mol. The largest absolute Gasteiger partial charge is 0.297 e. The summed E-state index contributed by atoms with van der Waals surface area (Å²) in [6, 6.07) is 19.9. The van der Waals surface area contributed by atoms with Crippen LogP contribution >= 0.6 is 43.9 Å². The zero-order valence-electron chi connectivity index (χ0n) is 15.1. The van der Waals surface area contributed by atoms with Gasteiger partial charge in [-0.05, 0) is 30.3 Å². The molecule has 0 atom stereocenters. The summed E-state index contributed by atoms with van der Waals surface area (Å²) in [5, 5.41) is 0.471. The molecule has 3 aromatic carbocycles. The Bertz CT molecular complexity index is 1540. The number of halogens is 3. The number of fused-ring (bicyclic) bond motifs is 2. The molecule has 0 N–H and O–H groups in total. The molecule has 0 saturated heterocycles. The Balaban J connectivity index is 2.04. The molecular weight excluding hydrogens is 462 g/mol. The predicted octanol–water partition coefficient (Wildman–Crippen LogP) is 6.95. The summed E-state index contributed by atoms with van der Waals surface area (Å²) >= 11 is 12.5. The first-order valence-electron chi connectivity index (χ1n) is 8.86. The van der Waals surface area contributed by atoms with E-state index < -0.39 is 5.82 Å². The van der Waals surface area contributed by atoms with Crippen LogP contribution in [0.15, 0.2) is 76.5 Å². The van der Waals surface area contributed by atoms with Crippen molar-refractivity contribution in [2.75, 3.05) is 0 Å². The highest BCUT2D eigenvalue weighted by molar-refractivity contribution is 7.71. The molecule has 0 saturated carbocycles. The van der Waals surface area contributed by atoms with E-state index >= 15 is 4.39 Å². The van der Waals surface area contributed by atoms with Crippen LogP contribution in [0.25, 0.3) is 26.8 Å². The van der Waals surface area contributed by atoms with Gasteiger partial charge in [0.25, 0.3) is 0 Å². The fourth-order valence-corrected chi connectivity index (χ4v) is 6.38. The lowest BCUT2D eigenvalue weighted by molar-refractivity contribution is 0.635. The average Bonchev–Trinajstić information content (AvgIpc) is 3.17. The maximum Gasteiger partial charge on any atom is 0.202 e. The van der Waals surface area contributed by atoms with Crippen molar-refractivity contribution in [2.45, 2.75) is 0 Å². The summed E-state index contributed by atoms with van der Waals surface area (Å²) < 4.78 is 17.5. The summed E-state index contributed by atoms with van der Waals surface area (Å²) in [6.45, 7) is 0. The van der Waals surface area contributed by atoms with Crippen LogP contribution in [0, 0.1) is 5.82 Å². The summed E-state index contributed by atoms with van der Waals surface area (Å²) in [5.41, 5.74) is 1.13. The van der Waals surface area contributed by atoms with Gasteiger partial charge in [0.05, 0.1) is 32.0 Å². The molecule has 30 heavy (non-hydrogen) atoms. The Morgan fingerprint density at radius 1 is 0.867 bits per heavy atom. The molecule has 0 radical (unpaired) electrons. The van der Waals surface area contributed by atoms with Crippen LogP contribution in [-0.2, 0) is 0 Å². The van der Waals surface area contributed by atoms with Crippen LogP contribution in [0.2, 0.25) is 10.0 Å². The third-order valence-electron chi connectivity index (χ3n) is 4.66. The highest BCUT2D eigenvalue weighted by Crippen LogP contribution is 2.35. The van der Waals surface area contributed by atoms with Gasteiger partial charge in [-0.1, -0.05) is 80.3 Å². The molecule has 2 heterocycles. The molecule has 5 aromatic rings. The number of pyridine rings is 1. The lowest BCUT2D eigenvalue weighted by Crippen LogP contribution is -2.15. The van der Waals surface area contributed by atoms with Crippen molar-refractivity contribution in [1.82, 2.24) is 4.57 Å². The zero-order chi connectivity index (χ0) is 20.8. The maximum absolute atomic E-state index is 15.2. The standard InChI is InChI=1S/C22H11Cl2FN2OS2/c23-14-11-15(24)18(25)19-16(14)20(28)17-21(26-12-7-3-1-4-8-12)29-30-22(17)27(19)13-9-5-2-6-10-13/h1-11H. The zero-order valence-corrected chi connectivity index (χ0v) is 18.2. The topological polar surface area (TPSA) is 34.4 Å². The first-order chi connectivity index (χ1) is 14.6. The van der Waals surface area contributed by atoms with Gasteiger partial charge in [-0.2, -0.15) is 0 Å². The van der Waals surface area contributed by atoms with Crippen molar-refractivity contribution in [3.63, 3.8) is 0 Å². The summed E-state index contributed by atoms with van der Waals surface area (Å²) in [6.07, 6.45) is 0. The van der Waals surface area contributed by atoms with Gasteiger partial charge in [0.15, 0.2) is 5.82 Å². The molecule has 0 aliphatic rings. The van der Waals surface area contributed by atoms with Crippen molar-refractivity contribution >= 4 is 70.7 Å². The Labute approximate surface area is 187 Å². The number of hydrogen-bond donors (Lipinski definition) is 0. The molecule has 3 nitrogen and oxygen atoms in total. The predicted molar refractivity (Wildman–Crippen MR) is 124 cm³/mol.